The molecule has 5 heteroatoms. The second-order valence-corrected chi connectivity index (χ2v) is 4.45. The van der Waals surface area contributed by atoms with E-state index < -0.39 is 0 Å². The molecule has 1 fully saturated rings. The Kier molecular flexibility index (Phi) is 3.84. The Hall–Kier alpha value is -1.59. The number of benzene rings is 1. The molecule has 0 radical (unpaired) electrons. The number of hydrogen-bond donors (Lipinski definition) is 2. The summed E-state index contributed by atoms with van der Waals surface area (Å²) < 4.78 is 5.29. The number of aryl methyl sites for hydroxylation is 1. The molecular formula is C13H17NO4. The number of nitrogens with zero attached hydrogens (tertiary/aromatic N) is 1. The predicted molar refractivity (Wildman–Crippen MR) is 65.6 cm³/mol. The fourth-order valence-corrected chi connectivity index (χ4v) is 2.01. The highest BCUT2D eigenvalue weighted by Crippen LogP contribution is 2.21. The van der Waals surface area contributed by atoms with Gasteiger partial charge >= 0.3 is 0 Å². The minimum atomic E-state index is -0.338. The smallest absolute Gasteiger partial charge is 0.257 e. The molecule has 5 nitrogen and oxygen atoms in total. The van der Waals surface area contributed by atoms with Crippen LogP contribution in [-0.2, 0) is 4.74 Å². The van der Waals surface area contributed by atoms with Gasteiger partial charge in [0.15, 0.2) is 0 Å². The number of phenolic OH excluding ortho intramolecular Hbond substituents is 1. The molecule has 2 N–H and O–H groups in total. The lowest BCUT2D eigenvalue weighted by molar-refractivity contribution is -0.0447. The Bertz CT molecular complexity index is 447. The summed E-state index contributed by atoms with van der Waals surface area (Å²) in [6, 6.07) is 4.98. The fraction of sp³-hybridized carbons (Fsp3) is 0.462. The van der Waals surface area contributed by atoms with Gasteiger partial charge in [-0.05, 0) is 24.6 Å². The molecule has 0 aromatic heterocycles. The molecule has 2 rings (SSSR count). The summed E-state index contributed by atoms with van der Waals surface area (Å²) in [5.74, 6) is -0.235. The molecular weight excluding hydrogens is 234 g/mol. The van der Waals surface area contributed by atoms with E-state index in [9.17, 15) is 9.90 Å². The van der Waals surface area contributed by atoms with Crippen molar-refractivity contribution in [1.29, 1.82) is 0 Å². The van der Waals surface area contributed by atoms with Gasteiger partial charge in [0.1, 0.15) is 5.75 Å². The first kappa shape index (κ1) is 12.9. The summed E-state index contributed by atoms with van der Waals surface area (Å²) >= 11 is 0. The molecule has 18 heavy (non-hydrogen) atoms. The fourth-order valence-electron chi connectivity index (χ4n) is 2.01. The van der Waals surface area contributed by atoms with Crippen LogP contribution in [0.5, 0.6) is 5.75 Å². The van der Waals surface area contributed by atoms with E-state index >= 15 is 0 Å². The van der Waals surface area contributed by atoms with Gasteiger partial charge in [-0.2, -0.15) is 0 Å². The minimum absolute atomic E-state index is 0.00737. The number of carbonyl (C=O) groups excluding carboxylic acids is 1. The lowest BCUT2D eigenvalue weighted by Crippen LogP contribution is -2.46. The van der Waals surface area contributed by atoms with Crippen LogP contribution in [0.15, 0.2) is 18.2 Å². The number of rotatable bonds is 2. The van der Waals surface area contributed by atoms with Gasteiger partial charge in [0.05, 0.1) is 24.9 Å². The van der Waals surface area contributed by atoms with Crippen molar-refractivity contribution in [3.63, 3.8) is 0 Å². The van der Waals surface area contributed by atoms with E-state index in [4.69, 9.17) is 9.84 Å². The van der Waals surface area contributed by atoms with E-state index in [0.717, 1.165) is 5.56 Å². The summed E-state index contributed by atoms with van der Waals surface area (Å²) in [5.41, 5.74) is 1.19. The van der Waals surface area contributed by atoms with Gasteiger partial charge in [0.2, 0.25) is 0 Å². The Balaban J connectivity index is 2.15. The quantitative estimate of drug-likeness (QED) is 0.804. The van der Waals surface area contributed by atoms with Crippen LogP contribution in [0.2, 0.25) is 0 Å². The molecule has 98 valence electrons. The second kappa shape index (κ2) is 5.37. The van der Waals surface area contributed by atoms with Crippen molar-refractivity contribution in [3.8, 4) is 5.75 Å². The van der Waals surface area contributed by atoms with Gasteiger partial charge < -0.3 is 19.8 Å². The second-order valence-electron chi connectivity index (χ2n) is 4.45. The molecule has 1 unspecified atom stereocenters. The zero-order chi connectivity index (χ0) is 13.1. The average Bonchev–Trinajstić information content (AvgIpc) is 2.38. The van der Waals surface area contributed by atoms with Crippen molar-refractivity contribution in [2.24, 2.45) is 0 Å². The van der Waals surface area contributed by atoms with Crippen molar-refractivity contribution < 1.29 is 19.7 Å². The molecule has 1 heterocycles. The van der Waals surface area contributed by atoms with E-state index in [2.05, 4.69) is 0 Å². The Morgan fingerprint density at radius 1 is 1.56 bits per heavy atom. The SMILES string of the molecule is Cc1ccc(C(=O)N2CCOC(CO)C2)c(O)c1. The number of ether oxygens (including phenoxy) is 1. The van der Waals surface area contributed by atoms with Crippen LogP contribution in [0.4, 0.5) is 0 Å². The number of aromatic hydroxyl groups is 1. The summed E-state index contributed by atoms with van der Waals surface area (Å²) in [6.45, 7) is 2.98. The largest absolute Gasteiger partial charge is 0.507 e. The summed E-state index contributed by atoms with van der Waals surface area (Å²) in [7, 11) is 0. The van der Waals surface area contributed by atoms with Gasteiger partial charge in [0, 0.05) is 13.1 Å². The van der Waals surface area contributed by atoms with Gasteiger partial charge in [0.25, 0.3) is 5.91 Å². The first-order valence-corrected chi connectivity index (χ1v) is 5.93. The van der Waals surface area contributed by atoms with Crippen LogP contribution in [0, 0.1) is 6.92 Å². The summed E-state index contributed by atoms with van der Waals surface area (Å²) in [4.78, 5) is 13.8. The number of carbonyl (C=O) groups is 1. The minimum Gasteiger partial charge on any atom is -0.507 e. The van der Waals surface area contributed by atoms with Gasteiger partial charge in [-0.15, -0.1) is 0 Å². The summed E-state index contributed by atoms with van der Waals surface area (Å²) in [6.07, 6.45) is -0.338. The van der Waals surface area contributed by atoms with Crippen molar-refractivity contribution in [2.45, 2.75) is 13.0 Å². The Labute approximate surface area is 106 Å². The first-order chi connectivity index (χ1) is 8.61. The first-order valence-electron chi connectivity index (χ1n) is 5.93. The molecule has 0 saturated carbocycles. The van der Waals surface area contributed by atoms with E-state index in [1.54, 1.807) is 23.1 Å². The molecule has 1 atom stereocenters. The number of amides is 1. The van der Waals surface area contributed by atoms with Gasteiger partial charge in [-0.1, -0.05) is 6.07 Å². The van der Waals surface area contributed by atoms with Gasteiger partial charge in [-0.25, -0.2) is 0 Å². The highest BCUT2D eigenvalue weighted by Gasteiger charge is 2.25. The molecule has 0 bridgehead atoms. The number of morpholine rings is 1. The van der Waals surface area contributed by atoms with Crippen molar-refractivity contribution in [3.05, 3.63) is 29.3 Å². The third kappa shape index (κ3) is 2.63. The van der Waals surface area contributed by atoms with Crippen LogP contribution in [-0.4, -0.2) is 53.4 Å². The molecule has 1 amide bonds. The highest BCUT2D eigenvalue weighted by molar-refractivity contribution is 5.97. The highest BCUT2D eigenvalue weighted by atomic mass is 16.5. The van der Waals surface area contributed by atoms with E-state index in [1.165, 1.54) is 0 Å². The molecule has 1 aromatic rings. The average molecular weight is 251 g/mol. The van der Waals surface area contributed by atoms with E-state index in [0.29, 0.717) is 25.3 Å². The number of aliphatic hydroxyl groups is 1. The zero-order valence-corrected chi connectivity index (χ0v) is 10.3. The van der Waals surface area contributed by atoms with Crippen molar-refractivity contribution in [2.75, 3.05) is 26.3 Å². The number of hydrogen-bond acceptors (Lipinski definition) is 4. The third-order valence-electron chi connectivity index (χ3n) is 3.01. The molecule has 1 aromatic carbocycles. The topological polar surface area (TPSA) is 70.0 Å². The van der Waals surface area contributed by atoms with E-state index in [-0.39, 0.29) is 24.4 Å². The van der Waals surface area contributed by atoms with Crippen LogP contribution >= 0.6 is 0 Å². The Morgan fingerprint density at radius 3 is 3.00 bits per heavy atom. The maximum atomic E-state index is 12.2. The van der Waals surface area contributed by atoms with Crippen LogP contribution < -0.4 is 0 Å². The zero-order valence-electron chi connectivity index (χ0n) is 10.3. The molecule has 0 aliphatic carbocycles. The van der Waals surface area contributed by atoms with Crippen molar-refractivity contribution >= 4 is 5.91 Å². The molecule has 1 aliphatic heterocycles. The monoisotopic (exact) mass is 251 g/mol. The Morgan fingerprint density at radius 2 is 2.33 bits per heavy atom. The van der Waals surface area contributed by atoms with Gasteiger partial charge in [-0.3, -0.25) is 4.79 Å². The molecule has 0 spiro atoms. The predicted octanol–water partition coefficient (Wildman–Crippen LogP) is 0.534. The number of phenols is 1. The van der Waals surface area contributed by atoms with Crippen molar-refractivity contribution in [1.82, 2.24) is 4.90 Å². The number of aliphatic hydroxyl groups excluding tert-OH is 1. The maximum Gasteiger partial charge on any atom is 0.257 e. The summed E-state index contributed by atoms with van der Waals surface area (Å²) in [5, 5.41) is 18.8. The standard InChI is InChI=1S/C13H17NO4/c1-9-2-3-11(12(16)6-9)13(17)14-4-5-18-10(7-14)8-15/h2-3,6,10,15-16H,4-5,7-8H2,1H3. The van der Waals surface area contributed by atoms with E-state index in [1.807, 2.05) is 6.92 Å². The lowest BCUT2D eigenvalue weighted by Gasteiger charge is -2.32. The molecule has 1 aliphatic rings. The lowest BCUT2D eigenvalue weighted by atomic mass is 10.1. The van der Waals surface area contributed by atoms with Crippen LogP contribution in [0.25, 0.3) is 0 Å². The molecule has 1 saturated heterocycles. The normalized spacial score (nSPS) is 19.9. The third-order valence-corrected chi connectivity index (χ3v) is 3.01. The van der Waals surface area contributed by atoms with Crippen LogP contribution in [0.1, 0.15) is 15.9 Å². The van der Waals surface area contributed by atoms with Crippen LogP contribution in [0.3, 0.4) is 0 Å². The maximum absolute atomic E-state index is 12.2.